The highest BCUT2D eigenvalue weighted by atomic mass is 16.4. The van der Waals surface area contributed by atoms with Crippen molar-refractivity contribution in [3.63, 3.8) is 0 Å². The maximum atomic E-state index is 13.6. The van der Waals surface area contributed by atoms with Gasteiger partial charge in [-0.1, -0.05) is 58.7 Å². The van der Waals surface area contributed by atoms with E-state index >= 15 is 0 Å². The van der Waals surface area contributed by atoms with E-state index in [2.05, 4.69) is 20.9 Å². The quantitative estimate of drug-likeness (QED) is 0.158. The van der Waals surface area contributed by atoms with Gasteiger partial charge in [-0.2, -0.15) is 0 Å². The van der Waals surface area contributed by atoms with Crippen molar-refractivity contribution in [1.29, 1.82) is 0 Å². The lowest BCUT2D eigenvalue weighted by Crippen LogP contribution is -2.59. The highest BCUT2D eigenvalue weighted by molar-refractivity contribution is 5.95. The van der Waals surface area contributed by atoms with Crippen LogP contribution in [0.5, 0.6) is 0 Å². The Bertz CT molecular complexity index is 1200. The van der Waals surface area contributed by atoms with Crippen molar-refractivity contribution in [3.8, 4) is 0 Å². The van der Waals surface area contributed by atoms with Crippen molar-refractivity contribution in [1.82, 2.24) is 20.9 Å². The van der Waals surface area contributed by atoms with E-state index in [1.165, 1.54) is 0 Å². The highest BCUT2D eigenvalue weighted by Crippen LogP contribution is 2.20. The minimum Gasteiger partial charge on any atom is -0.480 e. The van der Waals surface area contributed by atoms with Crippen molar-refractivity contribution in [3.05, 3.63) is 36.0 Å². The topological polar surface area (TPSA) is 210 Å². The molecule has 0 saturated heterocycles. The Balaban J connectivity index is 2.32. The normalized spacial score (nSPS) is 15.7. The van der Waals surface area contributed by atoms with Gasteiger partial charge in [0.1, 0.15) is 18.1 Å². The number of H-pyrrole nitrogens is 1. The second-order valence-corrected chi connectivity index (χ2v) is 10.3. The van der Waals surface area contributed by atoms with Crippen LogP contribution in [0.2, 0.25) is 0 Å². The number of aromatic amines is 1. The molecular weight excluding hydrogens is 516 g/mol. The van der Waals surface area contributed by atoms with Crippen molar-refractivity contribution < 1.29 is 29.1 Å². The molecule has 1 aromatic heterocycles. The van der Waals surface area contributed by atoms with Crippen LogP contribution in [-0.2, 0) is 30.4 Å². The number of aromatic nitrogens is 1. The average molecular weight is 559 g/mol. The highest BCUT2D eigenvalue weighted by Gasteiger charge is 2.34. The van der Waals surface area contributed by atoms with Crippen LogP contribution in [0.25, 0.3) is 10.9 Å². The number of hydrogen-bond donors (Lipinski definition) is 7. The third-order valence-corrected chi connectivity index (χ3v) is 7.34. The number of carboxylic acids is 1. The van der Waals surface area contributed by atoms with Gasteiger partial charge in [-0.25, -0.2) is 4.79 Å². The number of nitrogens with two attached hydrogens (primary N) is 2. The van der Waals surface area contributed by atoms with Gasteiger partial charge in [0.25, 0.3) is 0 Å². The number of rotatable bonds is 16. The van der Waals surface area contributed by atoms with Gasteiger partial charge >= 0.3 is 5.97 Å². The summed E-state index contributed by atoms with van der Waals surface area (Å²) in [4.78, 5) is 65.8. The van der Waals surface area contributed by atoms with E-state index in [9.17, 15) is 29.1 Å². The van der Waals surface area contributed by atoms with E-state index in [1.807, 2.05) is 38.1 Å². The Kier molecular flexibility index (Phi) is 12.1. The largest absolute Gasteiger partial charge is 0.480 e. The van der Waals surface area contributed by atoms with Crippen molar-refractivity contribution in [2.24, 2.45) is 23.3 Å². The van der Waals surface area contributed by atoms with Crippen LogP contribution in [0.1, 0.15) is 58.9 Å². The molecule has 40 heavy (non-hydrogen) atoms. The van der Waals surface area contributed by atoms with E-state index in [0.29, 0.717) is 12.8 Å². The predicted molar refractivity (Wildman–Crippen MR) is 151 cm³/mol. The van der Waals surface area contributed by atoms with E-state index in [-0.39, 0.29) is 31.1 Å². The predicted octanol–water partition coefficient (Wildman–Crippen LogP) is 0.934. The molecule has 9 N–H and O–H groups in total. The fraction of sp³-hybridized carbons (Fsp3) is 0.536. The summed E-state index contributed by atoms with van der Waals surface area (Å²) >= 11 is 0. The second-order valence-electron chi connectivity index (χ2n) is 10.3. The molecule has 0 aliphatic rings. The fourth-order valence-corrected chi connectivity index (χ4v) is 4.32. The molecule has 2 rings (SSSR count). The number of benzene rings is 1. The van der Waals surface area contributed by atoms with Crippen LogP contribution in [0.4, 0.5) is 0 Å². The van der Waals surface area contributed by atoms with Crippen LogP contribution in [0.3, 0.4) is 0 Å². The van der Waals surface area contributed by atoms with Gasteiger partial charge in [0.05, 0.1) is 6.04 Å². The lowest BCUT2D eigenvalue weighted by Gasteiger charge is -2.29. The summed E-state index contributed by atoms with van der Waals surface area (Å²) in [5.74, 6) is -4.32. The molecule has 6 unspecified atom stereocenters. The van der Waals surface area contributed by atoms with E-state index in [0.717, 1.165) is 16.5 Å². The van der Waals surface area contributed by atoms with Gasteiger partial charge in [-0.3, -0.25) is 19.2 Å². The Morgan fingerprint density at radius 3 is 2.10 bits per heavy atom. The molecule has 4 amide bonds. The van der Waals surface area contributed by atoms with E-state index < -0.39 is 53.8 Å². The smallest absolute Gasteiger partial charge is 0.326 e. The van der Waals surface area contributed by atoms with Crippen LogP contribution in [-0.4, -0.2) is 63.9 Å². The van der Waals surface area contributed by atoms with Gasteiger partial charge in [0, 0.05) is 29.9 Å². The van der Waals surface area contributed by atoms with Gasteiger partial charge < -0.3 is 37.5 Å². The molecule has 12 heteroatoms. The van der Waals surface area contributed by atoms with Gasteiger partial charge in [-0.15, -0.1) is 0 Å². The Labute approximate surface area is 234 Å². The zero-order valence-corrected chi connectivity index (χ0v) is 23.5. The zero-order valence-electron chi connectivity index (χ0n) is 23.5. The molecule has 0 aliphatic carbocycles. The molecule has 0 saturated carbocycles. The number of amides is 4. The third-order valence-electron chi connectivity index (χ3n) is 7.34. The summed E-state index contributed by atoms with van der Waals surface area (Å²) in [6.07, 6.45) is 2.80. The van der Waals surface area contributed by atoms with Gasteiger partial charge in [-0.05, 0) is 29.9 Å². The number of carbonyl (C=O) groups is 5. The minimum atomic E-state index is -1.16. The molecule has 0 bridgehead atoms. The second kappa shape index (κ2) is 15.0. The summed E-state index contributed by atoms with van der Waals surface area (Å²) in [5.41, 5.74) is 12.7. The summed E-state index contributed by atoms with van der Waals surface area (Å²) < 4.78 is 0. The molecule has 1 heterocycles. The molecule has 220 valence electrons. The number of primary amides is 1. The molecule has 0 radical (unpaired) electrons. The number of para-hydroxylation sites is 1. The Morgan fingerprint density at radius 2 is 1.50 bits per heavy atom. The average Bonchev–Trinajstić information content (AvgIpc) is 3.34. The fourth-order valence-electron chi connectivity index (χ4n) is 4.32. The monoisotopic (exact) mass is 558 g/mol. The molecule has 0 aliphatic heterocycles. The first-order chi connectivity index (χ1) is 18.9. The van der Waals surface area contributed by atoms with Crippen molar-refractivity contribution in [2.45, 2.75) is 84.0 Å². The van der Waals surface area contributed by atoms with Crippen LogP contribution in [0, 0.1) is 11.8 Å². The maximum absolute atomic E-state index is 13.6. The zero-order chi connectivity index (χ0) is 30.0. The first-order valence-corrected chi connectivity index (χ1v) is 13.6. The first kappa shape index (κ1) is 32.3. The van der Waals surface area contributed by atoms with E-state index in [4.69, 9.17) is 11.5 Å². The van der Waals surface area contributed by atoms with Gasteiger partial charge in [0.15, 0.2) is 0 Å². The van der Waals surface area contributed by atoms with Crippen molar-refractivity contribution >= 4 is 40.5 Å². The third kappa shape index (κ3) is 8.80. The van der Waals surface area contributed by atoms with Crippen LogP contribution in [0.15, 0.2) is 30.5 Å². The number of fused-ring (bicyclic) bond motifs is 1. The number of carbonyl (C=O) groups excluding carboxylic acids is 4. The van der Waals surface area contributed by atoms with Crippen LogP contribution >= 0.6 is 0 Å². The summed E-state index contributed by atoms with van der Waals surface area (Å²) in [5, 5.41) is 18.5. The molecule has 12 nitrogen and oxygen atoms in total. The number of carboxylic acid groups (broad SMARTS) is 1. The number of hydrogen-bond acceptors (Lipinski definition) is 6. The van der Waals surface area contributed by atoms with E-state index in [1.54, 1.807) is 20.0 Å². The summed E-state index contributed by atoms with van der Waals surface area (Å²) in [6, 6.07) is 3.12. The van der Waals surface area contributed by atoms with Gasteiger partial charge in [0.2, 0.25) is 23.6 Å². The molecule has 0 spiro atoms. The molecule has 1 aromatic carbocycles. The molecule has 2 aromatic rings. The van der Waals surface area contributed by atoms with Crippen molar-refractivity contribution in [2.75, 3.05) is 0 Å². The molecular formula is C28H42N6O6. The summed E-state index contributed by atoms with van der Waals surface area (Å²) in [6.45, 7) is 7.18. The summed E-state index contributed by atoms with van der Waals surface area (Å²) in [7, 11) is 0. The standard InChI is InChI=1S/C28H42N6O6/c1-5-15(3)23(27(38)34-24(28(39)40)16(4)6-2)33-26(37)21(32-25(36)19(29)11-12-22(30)35)13-17-14-31-20-10-8-7-9-18(17)20/h7-10,14-16,19,21,23-24,31H,5-6,11-13,29H2,1-4H3,(H2,30,35)(H,32,36)(H,33,37)(H,34,38)(H,39,40). The molecule has 0 fully saturated rings. The van der Waals surface area contributed by atoms with Crippen LogP contribution < -0.4 is 27.4 Å². The maximum Gasteiger partial charge on any atom is 0.326 e. The SMILES string of the molecule is CCC(C)C(NC(=O)C(NC(=O)C(Cc1c[nH]c2ccccc12)NC(=O)C(N)CCC(N)=O)C(C)CC)C(=O)O. The lowest BCUT2D eigenvalue weighted by molar-refractivity contribution is -0.144. The lowest BCUT2D eigenvalue weighted by atomic mass is 9.94. The molecule has 6 atom stereocenters. The number of aliphatic carboxylic acids is 1. The first-order valence-electron chi connectivity index (χ1n) is 13.6. The Hall–Kier alpha value is -3.93. The minimum absolute atomic E-state index is 0.00663. The number of nitrogens with one attached hydrogen (secondary N) is 4. The Morgan fingerprint density at radius 1 is 0.900 bits per heavy atom.